The highest BCUT2D eigenvalue weighted by molar-refractivity contribution is 7.98. The third-order valence-corrected chi connectivity index (χ3v) is 4.40. The maximum absolute atomic E-state index is 11.1. The Labute approximate surface area is 133 Å². The molecule has 0 aliphatic carbocycles. The average molecular weight is 324 g/mol. The van der Waals surface area contributed by atoms with Crippen molar-refractivity contribution in [2.75, 3.05) is 37.5 Å². The number of rotatable bonds is 3. The second-order valence-corrected chi connectivity index (χ2v) is 6.27. The van der Waals surface area contributed by atoms with Crippen molar-refractivity contribution in [3.8, 4) is 0 Å². The Morgan fingerprint density at radius 1 is 1.36 bits per heavy atom. The molecule has 0 aromatic carbocycles. The predicted molar refractivity (Wildman–Crippen MR) is 83.1 cm³/mol. The van der Waals surface area contributed by atoms with E-state index < -0.39 is 0 Å². The van der Waals surface area contributed by atoms with E-state index in [0.717, 1.165) is 5.03 Å². The van der Waals surface area contributed by atoms with Crippen LogP contribution in [0.3, 0.4) is 0 Å². The summed E-state index contributed by atoms with van der Waals surface area (Å²) in [6, 6.07) is 1.82. The number of amides is 1. The van der Waals surface area contributed by atoms with E-state index in [1.54, 1.807) is 18.0 Å². The molecule has 0 bridgehead atoms. The van der Waals surface area contributed by atoms with E-state index >= 15 is 0 Å². The monoisotopic (exact) mass is 324 g/mol. The van der Waals surface area contributed by atoms with Crippen LogP contribution in [0.25, 0.3) is 0 Å². The molecule has 3 heterocycles. The minimum atomic E-state index is -0.0763. The van der Waals surface area contributed by atoms with Gasteiger partial charge < -0.3 is 19.7 Å². The molecule has 1 amide bonds. The average Bonchev–Trinajstić information content (AvgIpc) is 2.84. The van der Waals surface area contributed by atoms with Gasteiger partial charge in [0.2, 0.25) is 11.9 Å². The largest absolute Gasteiger partial charge is 0.371 e. The maximum Gasteiger partial charge on any atom is 0.226 e. The number of nitrogens with zero attached hydrogens (tertiary/aromatic N) is 3. The molecule has 7 nitrogen and oxygen atoms in total. The lowest BCUT2D eigenvalue weighted by Crippen LogP contribution is -2.40. The molecule has 1 N–H and O–H groups in total. The zero-order chi connectivity index (χ0) is 15.5. The standard InChI is InChI=1S/C14H20N4O3S/c1-9(19)16-10-7-20-11-5-18(6-12(11)21-8-10)14-15-4-3-13(17-14)22-2/h3-4,10-12H,5-8H2,1-2H3,(H,16,19)/t11-,12-/m0/s1. The SMILES string of the molecule is CSc1ccnc(N2C[C@@H]3OCC(NC(C)=O)CO[C@H]3C2)n1. The second-order valence-electron chi connectivity index (χ2n) is 5.45. The van der Waals surface area contributed by atoms with Gasteiger partial charge in [0.25, 0.3) is 0 Å². The number of anilines is 1. The third kappa shape index (κ3) is 3.50. The quantitative estimate of drug-likeness (QED) is 0.633. The number of hydrogen-bond donors (Lipinski definition) is 1. The van der Waals surface area contributed by atoms with Crippen LogP contribution >= 0.6 is 11.8 Å². The Kier molecular flexibility index (Phi) is 4.80. The molecule has 1 aromatic rings. The van der Waals surface area contributed by atoms with E-state index in [4.69, 9.17) is 9.47 Å². The molecule has 0 spiro atoms. The molecule has 2 aliphatic rings. The molecule has 0 radical (unpaired) electrons. The molecule has 0 unspecified atom stereocenters. The fraction of sp³-hybridized carbons (Fsp3) is 0.643. The molecule has 3 rings (SSSR count). The molecular formula is C14H20N4O3S. The molecule has 120 valence electrons. The van der Waals surface area contributed by atoms with Crippen LogP contribution in [0.5, 0.6) is 0 Å². The number of fused-ring (bicyclic) bond motifs is 1. The number of hydrogen-bond acceptors (Lipinski definition) is 7. The topological polar surface area (TPSA) is 76.6 Å². The van der Waals surface area contributed by atoms with Gasteiger partial charge in [0.05, 0.1) is 19.3 Å². The highest BCUT2D eigenvalue weighted by Gasteiger charge is 2.38. The summed E-state index contributed by atoms with van der Waals surface area (Å²) in [5.41, 5.74) is 0. The molecule has 2 aliphatic heterocycles. The summed E-state index contributed by atoms with van der Waals surface area (Å²) in [6.07, 6.45) is 3.74. The van der Waals surface area contributed by atoms with Crippen molar-refractivity contribution in [2.45, 2.75) is 30.2 Å². The van der Waals surface area contributed by atoms with Crippen molar-refractivity contribution in [1.82, 2.24) is 15.3 Å². The summed E-state index contributed by atoms with van der Waals surface area (Å²) in [5.74, 6) is 0.652. The van der Waals surface area contributed by atoms with Gasteiger partial charge in [-0.25, -0.2) is 9.97 Å². The summed E-state index contributed by atoms with van der Waals surface area (Å²) in [7, 11) is 0. The molecule has 8 heteroatoms. The molecule has 2 saturated heterocycles. The summed E-state index contributed by atoms with van der Waals surface area (Å²) in [6.45, 7) is 3.86. The van der Waals surface area contributed by atoms with Gasteiger partial charge in [-0.2, -0.15) is 0 Å². The smallest absolute Gasteiger partial charge is 0.226 e. The van der Waals surface area contributed by atoms with E-state index in [9.17, 15) is 4.79 Å². The molecular weight excluding hydrogens is 304 g/mol. The molecule has 1 aromatic heterocycles. The van der Waals surface area contributed by atoms with Crippen molar-refractivity contribution in [3.05, 3.63) is 12.3 Å². The summed E-state index contributed by atoms with van der Waals surface area (Å²) >= 11 is 1.60. The first kappa shape index (κ1) is 15.5. The summed E-state index contributed by atoms with van der Waals surface area (Å²) in [4.78, 5) is 22.1. The van der Waals surface area contributed by atoms with E-state index in [1.165, 1.54) is 6.92 Å². The lowest BCUT2D eigenvalue weighted by molar-refractivity contribution is -0.120. The summed E-state index contributed by atoms with van der Waals surface area (Å²) in [5, 5.41) is 3.79. The van der Waals surface area contributed by atoms with Gasteiger partial charge in [0.1, 0.15) is 17.2 Å². The van der Waals surface area contributed by atoms with Crippen molar-refractivity contribution in [1.29, 1.82) is 0 Å². The van der Waals surface area contributed by atoms with E-state index in [-0.39, 0.29) is 24.2 Å². The number of carbonyl (C=O) groups excluding carboxylic acids is 1. The lowest BCUT2D eigenvalue weighted by Gasteiger charge is -2.19. The number of ether oxygens (including phenoxy) is 2. The van der Waals surface area contributed by atoms with Crippen LogP contribution < -0.4 is 10.2 Å². The lowest BCUT2D eigenvalue weighted by atomic mass is 10.3. The normalized spacial score (nSPS) is 25.6. The van der Waals surface area contributed by atoms with E-state index in [2.05, 4.69) is 20.2 Å². The first-order chi connectivity index (χ1) is 10.7. The van der Waals surface area contributed by atoms with Crippen molar-refractivity contribution >= 4 is 23.6 Å². The van der Waals surface area contributed by atoms with Gasteiger partial charge in [-0.1, -0.05) is 0 Å². The van der Waals surface area contributed by atoms with Gasteiger partial charge in [-0.3, -0.25) is 4.79 Å². The number of thioether (sulfide) groups is 1. The number of aromatic nitrogens is 2. The van der Waals surface area contributed by atoms with Gasteiger partial charge in [0, 0.05) is 26.2 Å². The van der Waals surface area contributed by atoms with E-state index in [1.807, 2.05) is 12.3 Å². The Morgan fingerprint density at radius 2 is 2.05 bits per heavy atom. The fourth-order valence-corrected chi connectivity index (χ4v) is 3.09. The van der Waals surface area contributed by atoms with Gasteiger partial charge >= 0.3 is 0 Å². The predicted octanol–water partition coefficient (Wildman–Crippen LogP) is 0.307. The second kappa shape index (κ2) is 6.80. The van der Waals surface area contributed by atoms with Crippen LogP contribution in [-0.4, -0.2) is 66.7 Å². The third-order valence-electron chi connectivity index (χ3n) is 3.75. The van der Waals surface area contributed by atoms with Crippen LogP contribution in [0, 0.1) is 0 Å². The van der Waals surface area contributed by atoms with Crippen LogP contribution in [0.15, 0.2) is 17.3 Å². The summed E-state index contributed by atoms with van der Waals surface area (Å²) < 4.78 is 11.8. The van der Waals surface area contributed by atoms with Gasteiger partial charge in [-0.15, -0.1) is 11.8 Å². The van der Waals surface area contributed by atoms with Crippen LogP contribution in [0.4, 0.5) is 5.95 Å². The van der Waals surface area contributed by atoms with Crippen LogP contribution in [0.1, 0.15) is 6.92 Å². The Morgan fingerprint density at radius 3 is 2.64 bits per heavy atom. The van der Waals surface area contributed by atoms with Crippen LogP contribution in [0.2, 0.25) is 0 Å². The van der Waals surface area contributed by atoms with E-state index in [0.29, 0.717) is 32.3 Å². The van der Waals surface area contributed by atoms with Gasteiger partial charge in [0.15, 0.2) is 0 Å². The molecule has 2 fully saturated rings. The first-order valence-electron chi connectivity index (χ1n) is 7.28. The Bertz CT molecular complexity index is 529. The maximum atomic E-state index is 11.1. The van der Waals surface area contributed by atoms with Crippen molar-refractivity contribution in [3.63, 3.8) is 0 Å². The highest BCUT2D eigenvalue weighted by Crippen LogP contribution is 2.24. The molecule has 0 saturated carbocycles. The Balaban J connectivity index is 1.62. The molecule has 2 atom stereocenters. The zero-order valence-electron chi connectivity index (χ0n) is 12.7. The van der Waals surface area contributed by atoms with Crippen molar-refractivity contribution < 1.29 is 14.3 Å². The highest BCUT2D eigenvalue weighted by atomic mass is 32.2. The number of nitrogens with one attached hydrogen (secondary N) is 1. The molecule has 22 heavy (non-hydrogen) atoms. The minimum absolute atomic E-state index is 0.0136. The fourth-order valence-electron chi connectivity index (χ4n) is 2.72. The first-order valence-corrected chi connectivity index (χ1v) is 8.50. The number of carbonyl (C=O) groups is 1. The Hall–Kier alpha value is -1.38. The van der Waals surface area contributed by atoms with Crippen LogP contribution in [-0.2, 0) is 14.3 Å². The zero-order valence-corrected chi connectivity index (χ0v) is 13.5. The minimum Gasteiger partial charge on any atom is -0.371 e. The van der Waals surface area contributed by atoms with Gasteiger partial charge in [-0.05, 0) is 12.3 Å². The van der Waals surface area contributed by atoms with Crippen molar-refractivity contribution in [2.24, 2.45) is 0 Å².